The molecule has 1 aromatic heterocycles. The van der Waals surface area contributed by atoms with E-state index in [0.717, 1.165) is 22.3 Å². The number of hydrogen-bond acceptors (Lipinski definition) is 1. The molecule has 0 saturated heterocycles. The van der Waals surface area contributed by atoms with Crippen LogP contribution in [-0.4, -0.2) is 10.5 Å². The number of para-hydroxylation sites is 1. The normalized spacial score (nSPS) is 10.5. The van der Waals surface area contributed by atoms with Gasteiger partial charge in [0.05, 0.1) is 11.2 Å². The molecule has 21 heavy (non-hydrogen) atoms. The highest BCUT2D eigenvalue weighted by atomic mass is 35.5. The summed E-state index contributed by atoms with van der Waals surface area (Å²) in [5.74, 6) is -0.228. The van der Waals surface area contributed by atoms with Gasteiger partial charge in [-0.05, 0) is 36.4 Å². The zero-order valence-corrected chi connectivity index (χ0v) is 12.0. The average Bonchev–Trinajstić information content (AvgIpc) is 2.87. The van der Waals surface area contributed by atoms with E-state index in [4.69, 9.17) is 11.6 Å². The van der Waals surface area contributed by atoms with Crippen LogP contribution in [0.5, 0.6) is 0 Å². The molecule has 4 heteroatoms. The van der Waals surface area contributed by atoms with E-state index in [-0.39, 0.29) is 5.91 Å². The quantitative estimate of drug-likeness (QED) is 0.714. The van der Waals surface area contributed by atoms with Gasteiger partial charge in [0.15, 0.2) is 0 Å². The van der Waals surface area contributed by atoms with Gasteiger partial charge in [0.1, 0.15) is 0 Å². The molecule has 1 amide bonds. The molecule has 0 unspecified atom stereocenters. The van der Waals surface area contributed by atoms with Gasteiger partial charge in [0.25, 0.3) is 0 Å². The van der Waals surface area contributed by atoms with E-state index in [1.54, 1.807) is 0 Å². The smallest absolute Gasteiger partial charge is 0.247 e. The molecule has 3 nitrogen and oxygen atoms in total. The number of benzene rings is 2. The third kappa shape index (κ3) is 2.56. The van der Waals surface area contributed by atoms with Crippen molar-refractivity contribution in [3.05, 3.63) is 72.4 Å². The van der Waals surface area contributed by atoms with Crippen LogP contribution in [0.1, 0.15) is 0 Å². The Balaban J connectivity index is 2.17. The van der Waals surface area contributed by atoms with Gasteiger partial charge in [-0.25, -0.2) is 0 Å². The number of carbonyl (C=O) groups is 1. The summed E-state index contributed by atoms with van der Waals surface area (Å²) < 4.78 is 2.02. The molecule has 0 aliphatic heterocycles. The lowest BCUT2D eigenvalue weighted by Gasteiger charge is -2.04. The van der Waals surface area contributed by atoms with Crippen molar-refractivity contribution >= 4 is 34.1 Å². The number of fused-ring (bicyclic) bond motifs is 1. The predicted molar refractivity (Wildman–Crippen MR) is 87.1 cm³/mol. The fraction of sp³-hybridized carbons (Fsp3) is 0. The lowest BCUT2D eigenvalue weighted by molar-refractivity contribution is -0.111. The van der Waals surface area contributed by atoms with Crippen molar-refractivity contribution in [3.63, 3.8) is 0 Å². The van der Waals surface area contributed by atoms with Crippen molar-refractivity contribution in [2.75, 3.05) is 5.32 Å². The molecule has 0 atom stereocenters. The Morgan fingerprint density at radius 2 is 1.86 bits per heavy atom. The molecular weight excluding hydrogens is 284 g/mol. The number of carbonyl (C=O) groups excluding carboxylic acids is 1. The first-order valence-electron chi connectivity index (χ1n) is 6.48. The van der Waals surface area contributed by atoms with E-state index in [1.165, 1.54) is 6.08 Å². The van der Waals surface area contributed by atoms with Crippen LogP contribution in [0.2, 0.25) is 5.02 Å². The van der Waals surface area contributed by atoms with Crippen LogP contribution < -0.4 is 5.32 Å². The van der Waals surface area contributed by atoms with E-state index >= 15 is 0 Å². The van der Waals surface area contributed by atoms with Crippen LogP contribution in [0.3, 0.4) is 0 Å². The molecule has 0 spiro atoms. The lowest BCUT2D eigenvalue weighted by Crippen LogP contribution is -2.06. The van der Waals surface area contributed by atoms with E-state index in [2.05, 4.69) is 11.9 Å². The Morgan fingerprint density at radius 1 is 1.14 bits per heavy atom. The monoisotopic (exact) mass is 296 g/mol. The van der Waals surface area contributed by atoms with Crippen molar-refractivity contribution in [2.24, 2.45) is 0 Å². The summed E-state index contributed by atoms with van der Waals surface area (Å²) in [6.45, 7) is 3.48. The van der Waals surface area contributed by atoms with E-state index in [9.17, 15) is 4.79 Å². The summed E-state index contributed by atoms with van der Waals surface area (Å²) in [6.07, 6.45) is 3.16. The molecule has 2 aromatic carbocycles. The van der Waals surface area contributed by atoms with Gasteiger partial charge in [-0.15, -0.1) is 0 Å². The summed E-state index contributed by atoms with van der Waals surface area (Å²) in [5.41, 5.74) is 2.75. The van der Waals surface area contributed by atoms with Crippen molar-refractivity contribution in [3.8, 4) is 5.69 Å². The molecule has 3 aromatic rings. The minimum atomic E-state index is -0.228. The second-order valence-corrected chi connectivity index (χ2v) is 5.04. The maximum Gasteiger partial charge on any atom is 0.247 e. The van der Waals surface area contributed by atoms with E-state index < -0.39 is 0 Å². The number of rotatable bonds is 3. The second kappa shape index (κ2) is 5.46. The standard InChI is InChI=1S/C17H13ClN2O/c1-2-17(21)19-15-11-20(13-9-7-12(18)8-10-13)16-6-4-3-5-14(15)16/h2-11H,1H2,(H,19,21). The number of hydrogen-bond donors (Lipinski definition) is 1. The van der Waals surface area contributed by atoms with Crippen LogP contribution in [0.25, 0.3) is 16.6 Å². The fourth-order valence-electron chi connectivity index (χ4n) is 2.28. The number of anilines is 1. The zero-order chi connectivity index (χ0) is 14.8. The Kier molecular flexibility index (Phi) is 3.50. The van der Waals surface area contributed by atoms with Gasteiger partial charge in [-0.3, -0.25) is 4.79 Å². The first kappa shape index (κ1) is 13.5. The molecule has 1 N–H and O–H groups in total. The number of halogens is 1. The van der Waals surface area contributed by atoms with Crippen LogP contribution in [0.15, 0.2) is 67.4 Å². The highest BCUT2D eigenvalue weighted by Crippen LogP contribution is 2.29. The molecule has 0 radical (unpaired) electrons. The molecule has 0 aliphatic carbocycles. The van der Waals surface area contributed by atoms with Crippen LogP contribution in [0.4, 0.5) is 5.69 Å². The SMILES string of the molecule is C=CC(=O)Nc1cn(-c2ccc(Cl)cc2)c2ccccc12. The molecule has 0 fully saturated rings. The lowest BCUT2D eigenvalue weighted by atomic mass is 10.2. The zero-order valence-electron chi connectivity index (χ0n) is 11.2. The first-order valence-corrected chi connectivity index (χ1v) is 6.86. The van der Waals surface area contributed by atoms with Crippen molar-refractivity contribution < 1.29 is 4.79 Å². The highest BCUT2D eigenvalue weighted by Gasteiger charge is 2.10. The Morgan fingerprint density at radius 3 is 2.57 bits per heavy atom. The summed E-state index contributed by atoms with van der Waals surface area (Å²) in [5, 5.41) is 4.50. The van der Waals surface area contributed by atoms with Gasteiger partial charge >= 0.3 is 0 Å². The Bertz CT molecular complexity index is 818. The van der Waals surface area contributed by atoms with Crippen molar-refractivity contribution in [2.45, 2.75) is 0 Å². The summed E-state index contributed by atoms with van der Waals surface area (Å²) in [4.78, 5) is 11.6. The molecule has 0 saturated carbocycles. The minimum absolute atomic E-state index is 0.228. The highest BCUT2D eigenvalue weighted by molar-refractivity contribution is 6.30. The number of aromatic nitrogens is 1. The minimum Gasteiger partial charge on any atom is -0.321 e. The number of nitrogens with zero attached hydrogens (tertiary/aromatic N) is 1. The maximum absolute atomic E-state index is 11.6. The van der Waals surface area contributed by atoms with Gasteiger partial charge in [-0.1, -0.05) is 36.4 Å². The maximum atomic E-state index is 11.6. The molecule has 104 valence electrons. The van der Waals surface area contributed by atoms with Gasteiger partial charge in [0.2, 0.25) is 5.91 Å². The van der Waals surface area contributed by atoms with Crippen LogP contribution in [-0.2, 0) is 4.79 Å². The Labute approximate surface area is 127 Å². The third-order valence-electron chi connectivity index (χ3n) is 3.26. The fourth-order valence-corrected chi connectivity index (χ4v) is 2.40. The molecule has 1 heterocycles. The Hall–Kier alpha value is -2.52. The van der Waals surface area contributed by atoms with Crippen molar-refractivity contribution in [1.29, 1.82) is 0 Å². The topological polar surface area (TPSA) is 34.0 Å². The molecule has 0 aliphatic rings. The number of nitrogens with one attached hydrogen (secondary N) is 1. The number of amides is 1. The van der Waals surface area contributed by atoms with Gasteiger partial charge in [-0.2, -0.15) is 0 Å². The first-order chi connectivity index (χ1) is 10.2. The van der Waals surface area contributed by atoms with Gasteiger partial charge in [0, 0.05) is 22.3 Å². The predicted octanol–water partition coefficient (Wildman–Crippen LogP) is 4.41. The summed E-state index contributed by atoms with van der Waals surface area (Å²) >= 11 is 5.93. The van der Waals surface area contributed by atoms with E-state index in [0.29, 0.717) is 5.02 Å². The molecule has 0 bridgehead atoms. The second-order valence-electron chi connectivity index (χ2n) is 4.60. The summed E-state index contributed by atoms with van der Waals surface area (Å²) in [7, 11) is 0. The summed E-state index contributed by atoms with van der Waals surface area (Å²) in [6, 6.07) is 15.4. The van der Waals surface area contributed by atoms with Gasteiger partial charge < -0.3 is 9.88 Å². The molecule has 3 rings (SSSR count). The van der Waals surface area contributed by atoms with Crippen LogP contribution in [0, 0.1) is 0 Å². The third-order valence-corrected chi connectivity index (χ3v) is 3.51. The largest absolute Gasteiger partial charge is 0.321 e. The van der Waals surface area contributed by atoms with Crippen molar-refractivity contribution in [1.82, 2.24) is 4.57 Å². The average molecular weight is 297 g/mol. The van der Waals surface area contributed by atoms with Crippen LogP contribution >= 0.6 is 11.6 Å². The van der Waals surface area contributed by atoms with E-state index in [1.807, 2.05) is 59.3 Å². The molecular formula is C17H13ClN2O.